The average Bonchev–Trinajstić information content (AvgIpc) is 3.36. The number of hydrogen-bond acceptors (Lipinski definition) is 7. The maximum atomic E-state index is 12.8. The predicted molar refractivity (Wildman–Crippen MR) is 158 cm³/mol. The number of esters is 1. The minimum Gasteiger partial charge on any atom is -0.497 e. The maximum Gasteiger partial charge on any atom is 0.411 e. The number of nitrogens with zero attached hydrogens (tertiary/aromatic N) is 1. The molecule has 8 nitrogen and oxygen atoms in total. The number of carbonyl (C=O) groups is 2. The van der Waals surface area contributed by atoms with Crippen molar-refractivity contribution in [3.63, 3.8) is 0 Å². The Kier molecular flexibility index (Phi) is 10.2. The first kappa shape index (κ1) is 30.7. The van der Waals surface area contributed by atoms with Crippen molar-refractivity contribution in [1.82, 2.24) is 10.2 Å². The van der Waals surface area contributed by atoms with Gasteiger partial charge in [-0.25, -0.2) is 9.59 Å². The lowest BCUT2D eigenvalue weighted by molar-refractivity contribution is -0.145. The largest absolute Gasteiger partial charge is 0.497 e. The van der Waals surface area contributed by atoms with Crippen LogP contribution in [0, 0.1) is 5.92 Å². The highest BCUT2D eigenvalue weighted by molar-refractivity contribution is 5.82. The number of likely N-dealkylation sites (tertiary alicyclic amines) is 1. The molecule has 0 spiro atoms. The Balaban J connectivity index is 1.41. The van der Waals surface area contributed by atoms with Crippen LogP contribution in [0.15, 0.2) is 42.5 Å². The van der Waals surface area contributed by atoms with Gasteiger partial charge in [-0.05, 0) is 101 Å². The van der Waals surface area contributed by atoms with Crippen LogP contribution in [0.4, 0.5) is 4.79 Å². The van der Waals surface area contributed by atoms with Crippen LogP contribution < -0.4 is 14.8 Å². The van der Waals surface area contributed by atoms with E-state index in [1.54, 1.807) is 27.9 Å². The summed E-state index contributed by atoms with van der Waals surface area (Å²) in [4.78, 5) is 26.7. The van der Waals surface area contributed by atoms with Gasteiger partial charge in [0.25, 0.3) is 0 Å². The van der Waals surface area contributed by atoms with E-state index in [1.807, 2.05) is 13.1 Å². The summed E-state index contributed by atoms with van der Waals surface area (Å²) in [6.07, 6.45) is 5.11. The summed E-state index contributed by atoms with van der Waals surface area (Å²) in [7, 11) is 4.98. The van der Waals surface area contributed by atoms with Crippen molar-refractivity contribution >= 4 is 12.1 Å². The highest BCUT2D eigenvalue weighted by Crippen LogP contribution is 2.39. The third-order valence-corrected chi connectivity index (χ3v) is 8.08. The van der Waals surface area contributed by atoms with Crippen LogP contribution in [0.1, 0.15) is 75.5 Å². The maximum absolute atomic E-state index is 12.8. The molecule has 4 rings (SSSR count). The lowest BCUT2D eigenvalue weighted by Gasteiger charge is -2.30. The molecule has 0 radical (unpaired) electrons. The van der Waals surface area contributed by atoms with Gasteiger partial charge in [-0.2, -0.15) is 0 Å². The second-order valence-electron chi connectivity index (χ2n) is 12.3. The predicted octanol–water partition coefficient (Wildman–Crippen LogP) is 5.86. The molecule has 1 saturated carbocycles. The second kappa shape index (κ2) is 13.6. The molecule has 1 aliphatic heterocycles. The van der Waals surface area contributed by atoms with Gasteiger partial charge in [0.2, 0.25) is 0 Å². The number of hydrogen-bond donors (Lipinski definition) is 1. The van der Waals surface area contributed by atoms with E-state index in [9.17, 15) is 9.59 Å². The van der Waals surface area contributed by atoms with E-state index in [0.29, 0.717) is 24.0 Å². The van der Waals surface area contributed by atoms with E-state index in [4.69, 9.17) is 18.9 Å². The topological polar surface area (TPSA) is 86.3 Å². The zero-order valence-electron chi connectivity index (χ0n) is 25.4. The summed E-state index contributed by atoms with van der Waals surface area (Å²) in [6, 6.07) is 14.1. The minimum atomic E-state index is -0.752. The molecule has 8 heteroatoms. The first-order valence-electron chi connectivity index (χ1n) is 14.7. The second-order valence-corrected chi connectivity index (χ2v) is 12.3. The van der Waals surface area contributed by atoms with Crippen molar-refractivity contribution in [2.45, 2.75) is 89.5 Å². The highest BCUT2D eigenvalue weighted by atomic mass is 16.6. The van der Waals surface area contributed by atoms with Gasteiger partial charge in [-0.15, -0.1) is 0 Å². The van der Waals surface area contributed by atoms with Crippen molar-refractivity contribution in [1.29, 1.82) is 0 Å². The summed E-state index contributed by atoms with van der Waals surface area (Å²) >= 11 is 0. The molecule has 1 N–H and O–H groups in total. The molecule has 0 unspecified atom stereocenters. The number of methoxy groups -OCH3 is 2. The molecule has 1 aliphatic carbocycles. The fraction of sp³-hybridized carbons (Fsp3) is 0.576. The van der Waals surface area contributed by atoms with E-state index in [2.05, 4.69) is 41.7 Å². The highest BCUT2D eigenvalue weighted by Gasteiger charge is 2.43. The Morgan fingerprint density at radius 2 is 1.71 bits per heavy atom. The van der Waals surface area contributed by atoms with Crippen molar-refractivity contribution in [2.24, 2.45) is 5.92 Å². The Morgan fingerprint density at radius 1 is 1.00 bits per heavy atom. The molecule has 1 amide bonds. The van der Waals surface area contributed by atoms with Gasteiger partial charge < -0.3 is 24.3 Å². The van der Waals surface area contributed by atoms with Crippen molar-refractivity contribution in [3.05, 3.63) is 59.2 Å². The number of rotatable bonds is 9. The van der Waals surface area contributed by atoms with Gasteiger partial charge >= 0.3 is 12.1 Å². The summed E-state index contributed by atoms with van der Waals surface area (Å²) in [6.45, 7) is 6.54. The fourth-order valence-electron chi connectivity index (χ4n) is 6.19. The molecule has 0 bridgehead atoms. The zero-order valence-corrected chi connectivity index (χ0v) is 25.4. The van der Waals surface area contributed by atoms with E-state index in [-0.39, 0.29) is 12.6 Å². The number of ether oxygens (including phenoxy) is 4. The van der Waals surface area contributed by atoms with E-state index >= 15 is 0 Å². The number of amides is 1. The van der Waals surface area contributed by atoms with Crippen LogP contribution in [0.2, 0.25) is 0 Å². The lowest BCUT2D eigenvalue weighted by Crippen LogP contribution is -2.44. The van der Waals surface area contributed by atoms with Crippen LogP contribution in [-0.2, 0) is 27.2 Å². The molecule has 1 saturated heterocycles. The molecule has 2 aromatic rings. The summed E-state index contributed by atoms with van der Waals surface area (Å²) in [5.74, 6) is 2.14. The molecule has 41 heavy (non-hydrogen) atoms. The molecular formula is C33H46N2O6. The van der Waals surface area contributed by atoms with Crippen LogP contribution in [-0.4, -0.2) is 62.5 Å². The van der Waals surface area contributed by atoms with Gasteiger partial charge in [0.05, 0.1) is 20.8 Å². The van der Waals surface area contributed by atoms with Crippen molar-refractivity contribution < 1.29 is 28.5 Å². The van der Waals surface area contributed by atoms with E-state index in [1.165, 1.54) is 54.4 Å². The molecule has 1 heterocycles. The normalized spacial score (nSPS) is 22.7. The Hall–Kier alpha value is -3.26. The van der Waals surface area contributed by atoms with Crippen molar-refractivity contribution in [2.75, 3.05) is 27.8 Å². The van der Waals surface area contributed by atoms with Crippen LogP contribution in [0.3, 0.4) is 0 Å². The standard InChI is InChI=1S/C33H46N2O6/c1-33(2,3)41-32(37)35-21-28(19-30(35)31(36)39-6)40-27-17-23(16-26(18-27)38-5)15-22-11-13-24(14-12-22)29-10-8-7-9-25(29)20-34-4/h7-10,16-18,22,24,28,30,34H,11-15,19-21H2,1-6H3/t22-,24-,28-,30-/m0/s1. The number of carbonyl (C=O) groups excluding carboxylic acids is 2. The Labute approximate surface area is 244 Å². The van der Waals surface area contributed by atoms with Crippen LogP contribution in [0.5, 0.6) is 11.5 Å². The van der Waals surface area contributed by atoms with Gasteiger partial charge in [0, 0.05) is 19.0 Å². The SMILES string of the molecule is CNCc1ccccc1[C@H]1CC[C@H](Cc2cc(OC)cc(O[C@H]3C[C@@H](C(=O)OC)N(C(=O)OC(C)(C)C)C3)c2)CC1. The van der Waals surface area contributed by atoms with Crippen molar-refractivity contribution in [3.8, 4) is 11.5 Å². The molecule has 2 fully saturated rings. The third kappa shape index (κ3) is 8.15. The van der Waals surface area contributed by atoms with Crippen LogP contribution in [0.25, 0.3) is 0 Å². The summed E-state index contributed by atoms with van der Waals surface area (Å²) in [5.41, 5.74) is 3.39. The van der Waals surface area contributed by atoms with Gasteiger partial charge in [0.15, 0.2) is 0 Å². The van der Waals surface area contributed by atoms with Gasteiger partial charge in [-0.1, -0.05) is 24.3 Å². The summed E-state index contributed by atoms with van der Waals surface area (Å²) < 4.78 is 22.5. The van der Waals surface area contributed by atoms with E-state index in [0.717, 1.165) is 18.7 Å². The fourth-order valence-corrected chi connectivity index (χ4v) is 6.19. The number of nitrogens with one attached hydrogen (secondary N) is 1. The van der Waals surface area contributed by atoms with Gasteiger partial charge in [0.1, 0.15) is 29.2 Å². The molecule has 2 aliphatic rings. The van der Waals surface area contributed by atoms with E-state index < -0.39 is 23.7 Å². The summed E-state index contributed by atoms with van der Waals surface area (Å²) in [5, 5.41) is 3.30. The molecule has 0 aromatic heterocycles. The minimum absolute atomic E-state index is 0.236. The monoisotopic (exact) mass is 566 g/mol. The first-order valence-corrected chi connectivity index (χ1v) is 14.7. The Morgan fingerprint density at radius 3 is 2.37 bits per heavy atom. The third-order valence-electron chi connectivity index (χ3n) is 8.08. The van der Waals surface area contributed by atoms with Gasteiger partial charge in [-0.3, -0.25) is 4.90 Å². The first-order chi connectivity index (χ1) is 19.6. The number of benzene rings is 2. The lowest BCUT2D eigenvalue weighted by atomic mass is 9.75. The molecule has 2 atom stereocenters. The zero-order chi connectivity index (χ0) is 29.6. The molecular weight excluding hydrogens is 520 g/mol. The smallest absolute Gasteiger partial charge is 0.411 e. The molecule has 2 aromatic carbocycles. The van der Waals surface area contributed by atoms with Crippen LogP contribution >= 0.6 is 0 Å². The quantitative estimate of drug-likeness (QED) is 0.381. The molecule has 224 valence electrons. The Bertz CT molecular complexity index is 1180. The average molecular weight is 567 g/mol.